The fourth-order valence-electron chi connectivity index (χ4n) is 0.982. The maximum atomic E-state index is 13.1. The monoisotopic (exact) mass is 193 g/mol. The van der Waals surface area contributed by atoms with E-state index in [1.165, 1.54) is 12.1 Å². The lowest BCUT2D eigenvalue weighted by Gasteiger charge is -2.05. The van der Waals surface area contributed by atoms with Gasteiger partial charge in [-0.25, -0.2) is 4.39 Å². The van der Waals surface area contributed by atoms with E-state index in [-0.39, 0.29) is 12.4 Å². The number of halogens is 1. The van der Waals surface area contributed by atoms with Gasteiger partial charge >= 0.3 is 0 Å². The Balaban J connectivity index is 2.62. The first-order valence-corrected chi connectivity index (χ1v) is 4.23. The van der Waals surface area contributed by atoms with Crippen molar-refractivity contribution in [2.24, 2.45) is 4.99 Å². The highest BCUT2D eigenvalue weighted by Crippen LogP contribution is 2.07. The van der Waals surface area contributed by atoms with E-state index >= 15 is 0 Å². The van der Waals surface area contributed by atoms with Gasteiger partial charge < -0.3 is 4.74 Å². The van der Waals surface area contributed by atoms with Crippen molar-refractivity contribution in [3.8, 4) is 0 Å². The molecule has 0 spiro atoms. The molecule has 0 N–H and O–H groups in total. The summed E-state index contributed by atoms with van der Waals surface area (Å²) in [4.78, 5) is 3.81. The van der Waals surface area contributed by atoms with E-state index in [1.807, 2.05) is 0 Å². The number of aliphatic imine (C=N–C) groups is 1. The van der Waals surface area contributed by atoms with E-state index in [9.17, 15) is 4.39 Å². The minimum Gasteiger partial charge on any atom is -0.473 e. The molecule has 0 aliphatic carbocycles. The maximum Gasteiger partial charge on any atom is 0.207 e. The predicted octanol–water partition coefficient (Wildman–Crippen LogP) is 2.56. The van der Waals surface area contributed by atoms with Crippen molar-refractivity contribution in [1.82, 2.24) is 0 Å². The summed E-state index contributed by atoms with van der Waals surface area (Å²) in [5.41, 5.74) is 0.510. The number of hydrogen-bond donors (Lipinski definition) is 0. The zero-order valence-electron chi connectivity index (χ0n) is 8.03. The number of nitrogens with zero attached hydrogens (tertiary/aromatic N) is 1. The van der Waals surface area contributed by atoms with Crippen LogP contribution in [-0.2, 0) is 11.3 Å². The average molecular weight is 193 g/mol. The van der Waals surface area contributed by atoms with Gasteiger partial charge in [0.15, 0.2) is 0 Å². The number of ether oxygens (including phenoxy) is 1. The number of hydrogen-bond acceptors (Lipinski definition) is 2. The van der Waals surface area contributed by atoms with Crippen LogP contribution in [0.1, 0.15) is 5.56 Å². The highest BCUT2D eigenvalue weighted by atomic mass is 19.1. The fourth-order valence-corrected chi connectivity index (χ4v) is 0.982. The molecule has 0 aliphatic heterocycles. The second-order valence-electron chi connectivity index (χ2n) is 2.65. The smallest absolute Gasteiger partial charge is 0.207 e. The zero-order chi connectivity index (χ0) is 10.4. The second kappa shape index (κ2) is 5.17. The molecule has 0 bridgehead atoms. The molecule has 0 saturated carbocycles. The van der Waals surface area contributed by atoms with Gasteiger partial charge in [0.2, 0.25) is 5.90 Å². The molecule has 0 aliphatic rings. The summed E-state index contributed by atoms with van der Waals surface area (Å²) in [6, 6.07) is 6.47. The Morgan fingerprint density at radius 2 is 2.29 bits per heavy atom. The molecule has 0 fully saturated rings. The fraction of sp³-hybridized carbons (Fsp3) is 0.182. The second-order valence-corrected chi connectivity index (χ2v) is 2.65. The van der Waals surface area contributed by atoms with Crippen LogP contribution in [0.5, 0.6) is 0 Å². The SMILES string of the molecule is C=CC(=NC)OCc1ccccc1F. The molecule has 0 saturated heterocycles. The maximum absolute atomic E-state index is 13.1. The summed E-state index contributed by atoms with van der Waals surface area (Å²) in [7, 11) is 1.60. The van der Waals surface area contributed by atoms with Crippen molar-refractivity contribution in [3.63, 3.8) is 0 Å². The Hall–Kier alpha value is -1.64. The Bertz CT molecular complexity index is 347. The van der Waals surface area contributed by atoms with Gasteiger partial charge in [0.1, 0.15) is 12.4 Å². The van der Waals surface area contributed by atoms with E-state index in [1.54, 1.807) is 25.2 Å². The van der Waals surface area contributed by atoms with E-state index in [4.69, 9.17) is 4.74 Å². The van der Waals surface area contributed by atoms with Crippen LogP contribution < -0.4 is 0 Å². The highest BCUT2D eigenvalue weighted by molar-refractivity contribution is 5.86. The van der Waals surface area contributed by atoms with Gasteiger partial charge in [-0.05, 0) is 12.1 Å². The summed E-state index contributed by atoms with van der Waals surface area (Å²) in [5, 5.41) is 0. The lowest BCUT2D eigenvalue weighted by Crippen LogP contribution is -2.02. The molecule has 74 valence electrons. The highest BCUT2D eigenvalue weighted by Gasteiger charge is 2.01. The molecular formula is C11H12FNO. The molecule has 1 aromatic carbocycles. The lowest BCUT2D eigenvalue weighted by atomic mass is 10.2. The van der Waals surface area contributed by atoms with Gasteiger partial charge in [-0.2, -0.15) is 0 Å². The van der Waals surface area contributed by atoms with Gasteiger partial charge in [-0.3, -0.25) is 4.99 Å². The summed E-state index contributed by atoms with van der Waals surface area (Å²) < 4.78 is 18.3. The van der Waals surface area contributed by atoms with Crippen molar-refractivity contribution in [2.75, 3.05) is 7.05 Å². The molecular weight excluding hydrogens is 181 g/mol. The third kappa shape index (κ3) is 2.69. The van der Waals surface area contributed by atoms with Crippen molar-refractivity contribution in [2.45, 2.75) is 6.61 Å². The van der Waals surface area contributed by atoms with E-state index < -0.39 is 0 Å². The van der Waals surface area contributed by atoms with Gasteiger partial charge in [0, 0.05) is 12.6 Å². The Morgan fingerprint density at radius 3 is 2.86 bits per heavy atom. The van der Waals surface area contributed by atoms with Crippen molar-refractivity contribution < 1.29 is 9.13 Å². The van der Waals surface area contributed by atoms with Gasteiger partial charge in [-0.15, -0.1) is 0 Å². The first kappa shape index (κ1) is 10.4. The van der Waals surface area contributed by atoms with Crippen molar-refractivity contribution in [3.05, 3.63) is 48.3 Å². The Kier molecular flexibility index (Phi) is 3.85. The average Bonchev–Trinajstić information content (AvgIpc) is 2.22. The molecule has 14 heavy (non-hydrogen) atoms. The van der Waals surface area contributed by atoms with Gasteiger partial charge in [-0.1, -0.05) is 24.8 Å². The molecule has 0 unspecified atom stereocenters. The molecule has 0 atom stereocenters. The normalized spacial score (nSPS) is 11.1. The summed E-state index contributed by atoms with van der Waals surface area (Å²) in [6.07, 6.45) is 1.49. The van der Waals surface area contributed by atoms with Crippen LogP contribution in [0.15, 0.2) is 41.9 Å². The number of rotatable bonds is 3. The molecule has 2 nitrogen and oxygen atoms in total. The van der Waals surface area contributed by atoms with Gasteiger partial charge in [0.25, 0.3) is 0 Å². The summed E-state index contributed by atoms with van der Waals surface area (Å²) >= 11 is 0. The predicted molar refractivity (Wildman–Crippen MR) is 54.7 cm³/mol. The van der Waals surface area contributed by atoms with Crippen LogP contribution in [-0.4, -0.2) is 12.9 Å². The molecule has 1 rings (SSSR count). The third-order valence-corrected chi connectivity index (χ3v) is 1.73. The lowest BCUT2D eigenvalue weighted by molar-refractivity contribution is 0.288. The van der Waals surface area contributed by atoms with E-state index in [2.05, 4.69) is 11.6 Å². The van der Waals surface area contributed by atoms with Crippen LogP contribution in [0.3, 0.4) is 0 Å². The van der Waals surface area contributed by atoms with Crippen LogP contribution in [0.4, 0.5) is 4.39 Å². The molecule has 0 amide bonds. The zero-order valence-corrected chi connectivity index (χ0v) is 8.03. The molecule has 0 radical (unpaired) electrons. The first-order valence-electron chi connectivity index (χ1n) is 4.23. The van der Waals surface area contributed by atoms with Crippen LogP contribution in [0, 0.1) is 5.82 Å². The van der Waals surface area contributed by atoms with Crippen molar-refractivity contribution >= 4 is 5.90 Å². The topological polar surface area (TPSA) is 21.6 Å². The Labute approximate surface area is 82.7 Å². The largest absolute Gasteiger partial charge is 0.473 e. The summed E-state index contributed by atoms with van der Waals surface area (Å²) in [6.45, 7) is 3.69. The van der Waals surface area contributed by atoms with E-state index in [0.29, 0.717) is 11.5 Å². The van der Waals surface area contributed by atoms with Crippen molar-refractivity contribution in [1.29, 1.82) is 0 Å². The van der Waals surface area contributed by atoms with Crippen LogP contribution in [0.25, 0.3) is 0 Å². The minimum absolute atomic E-state index is 0.172. The van der Waals surface area contributed by atoms with Crippen LogP contribution in [0.2, 0.25) is 0 Å². The molecule has 3 heteroatoms. The standard InChI is InChI=1S/C11H12FNO/c1-3-11(13-2)14-8-9-6-4-5-7-10(9)12/h3-7H,1,8H2,2H3. The van der Waals surface area contributed by atoms with Gasteiger partial charge in [0.05, 0.1) is 0 Å². The Morgan fingerprint density at radius 1 is 1.57 bits per heavy atom. The minimum atomic E-state index is -0.271. The first-order chi connectivity index (χ1) is 6.77. The number of benzene rings is 1. The third-order valence-electron chi connectivity index (χ3n) is 1.73. The van der Waals surface area contributed by atoms with E-state index in [0.717, 1.165) is 0 Å². The quantitative estimate of drug-likeness (QED) is 0.534. The van der Waals surface area contributed by atoms with Crippen LogP contribution >= 0.6 is 0 Å². The summed E-state index contributed by atoms with van der Waals surface area (Å²) in [5.74, 6) is 0.139. The molecule has 0 aromatic heterocycles. The molecule has 1 aromatic rings. The molecule has 0 heterocycles.